The molecule has 6 heteroatoms. The van der Waals surface area contributed by atoms with Crippen LogP contribution < -0.4 is 10.1 Å². The van der Waals surface area contributed by atoms with Crippen LogP contribution in [0.2, 0.25) is 0 Å². The Labute approximate surface area is 153 Å². The summed E-state index contributed by atoms with van der Waals surface area (Å²) in [6.45, 7) is 9.45. The van der Waals surface area contributed by atoms with E-state index in [-0.39, 0.29) is 5.92 Å². The first-order valence-corrected chi connectivity index (χ1v) is 8.83. The van der Waals surface area contributed by atoms with Crippen molar-refractivity contribution in [3.05, 3.63) is 53.5 Å². The molecule has 136 valence electrons. The number of aryl methyl sites for hydroxylation is 1. The van der Waals surface area contributed by atoms with Gasteiger partial charge in [-0.3, -0.25) is 0 Å². The van der Waals surface area contributed by atoms with Gasteiger partial charge in [0.05, 0.1) is 6.61 Å². The molecule has 0 fully saturated rings. The van der Waals surface area contributed by atoms with Crippen LogP contribution in [0.5, 0.6) is 5.75 Å². The predicted molar refractivity (Wildman–Crippen MR) is 101 cm³/mol. The summed E-state index contributed by atoms with van der Waals surface area (Å²) in [5.41, 5.74) is 3.14. The van der Waals surface area contributed by atoms with E-state index in [0.29, 0.717) is 24.9 Å². The molecule has 2 aromatic heterocycles. The summed E-state index contributed by atoms with van der Waals surface area (Å²) in [7, 11) is 0. The van der Waals surface area contributed by atoms with Gasteiger partial charge in [0.15, 0.2) is 5.82 Å². The maximum atomic E-state index is 5.58. The molecule has 0 saturated heterocycles. The first-order valence-electron chi connectivity index (χ1n) is 8.83. The Morgan fingerprint density at radius 2 is 2.04 bits per heavy atom. The van der Waals surface area contributed by atoms with Crippen LogP contribution in [0.4, 0.5) is 5.82 Å². The molecular formula is C20H24N4O2. The fraction of sp³-hybridized carbons (Fsp3) is 0.350. The van der Waals surface area contributed by atoms with Crippen molar-refractivity contribution in [2.75, 3.05) is 11.9 Å². The third kappa shape index (κ3) is 4.20. The average molecular weight is 352 g/mol. The van der Waals surface area contributed by atoms with E-state index in [0.717, 1.165) is 28.3 Å². The number of aromatic nitrogens is 3. The van der Waals surface area contributed by atoms with Crippen molar-refractivity contribution in [1.82, 2.24) is 15.1 Å². The molecule has 0 saturated carbocycles. The fourth-order valence-electron chi connectivity index (χ4n) is 2.58. The van der Waals surface area contributed by atoms with Crippen LogP contribution in [-0.2, 0) is 6.54 Å². The second-order valence-corrected chi connectivity index (χ2v) is 6.43. The number of ether oxygens (including phenoxy) is 1. The molecule has 1 aromatic carbocycles. The quantitative estimate of drug-likeness (QED) is 0.671. The first-order chi connectivity index (χ1) is 12.6. The van der Waals surface area contributed by atoms with E-state index in [2.05, 4.69) is 39.5 Å². The third-order valence-electron chi connectivity index (χ3n) is 3.98. The van der Waals surface area contributed by atoms with Crippen molar-refractivity contribution in [1.29, 1.82) is 0 Å². The van der Waals surface area contributed by atoms with Gasteiger partial charge in [0.2, 0.25) is 0 Å². The summed E-state index contributed by atoms with van der Waals surface area (Å²) in [6, 6.07) is 9.96. The summed E-state index contributed by atoms with van der Waals surface area (Å²) in [6.07, 6.45) is 1.74. The van der Waals surface area contributed by atoms with E-state index in [1.807, 2.05) is 39.0 Å². The molecule has 0 aliphatic heterocycles. The Bertz CT molecular complexity index is 874. The van der Waals surface area contributed by atoms with Gasteiger partial charge in [-0.15, -0.1) is 0 Å². The summed E-state index contributed by atoms with van der Waals surface area (Å²) in [5, 5.41) is 7.35. The van der Waals surface area contributed by atoms with Crippen molar-refractivity contribution in [3.63, 3.8) is 0 Å². The van der Waals surface area contributed by atoms with Gasteiger partial charge in [0.25, 0.3) is 5.89 Å². The van der Waals surface area contributed by atoms with E-state index in [9.17, 15) is 0 Å². The normalized spacial score (nSPS) is 11.0. The van der Waals surface area contributed by atoms with E-state index in [1.165, 1.54) is 0 Å². The molecule has 3 rings (SSSR count). The highest BCUT2D eigenvalue weighted by Gasteiger charge is 2.12. The minimum atomic E-state index is 0.231. The van der Waals surface area contributed by atoms with Gasteiger partial charge in [-0.1, -0.05) is 31.1 Å². The Hall–Kier alpha value is -2.89. The predicted octanol–water partition coefficient (Wildman–Crippen LogP) is 4.57. The fourth-order valence-corrected chi connectivity index (χ4v) is 2.58. The molecule has 6 nitrogen and oxygen atoms in total. The minimum Gasteiger partial charge on any atom is -0.494 e. The Balaban J connectivity index is 1.70. The highest BCUT2D eigenvalue weighted by molar-refractivity contribution is 5.58. The lowest BCUT2D eigenvalue weighted by atomic mass is 10.1. The smallest absolute Gasteiger partial charge is 0.258 e. The maximum absolute atomic E-state index is 5.58. The number of nitrogens with one attached hydrogen (secondary N) is 1. The molecule has 3 aromatic rings. The maximum Gasteiger partial charge on any atom is 0.258 e. The van der Waals surface area contributed by atoms with Crippen molar-refractivity contribution in [2.45, 2.75) is 40.2 Å². The van der Waals surface area contributed by atoms with Gasteiger partial charge < -0.3 is 14.6 Å². The molecule has 0 amide bonds. The van der Waals surface area contributed by atoms with Crippen LogP contribution in [0.1, 0.15) is 43.6 Å². The lowest BCUT2D eigenvalue weighted by Crippen LogP contribution is -2.02. The Morgan fingerprint density at radius 3 is 2.73 bits per heavy atom. The summed E-state index contributed by atoms with van der Waals surface area (Å²) in [5.74, 6) is 3.13. The Morgan fingerprint density at radius 1 is 1.19 bits per heavy atom. The number of benzene rings is 1. The van der Waals surface area contributed by atoms with Crippen LogP contribution >= 0.6 is 0 Å². The van der Waals surface area contributed by atoms with Crippen LogP contribution in [0.3, 0.4) is 0 Å². The van der Waals surface area contributed by atoms with Gasteiger partial charge in [0, 0.05) is 24.2 Å². The van der Waals surface area contributed by atoms with Gasteiger partial charge in [0.1, 0.15) is 11.6 Å². The topological polar surface area (TPSA) is 73.1 Å². The minimum absolute atomic E-state index is 0.231. The van der Waals surface area contributed by atoms with E-state index in [1.54, 1.807) is 6.20 Å². The monoisotopic (exact) mass is 352 g/mol. The highest BCUT2D eigenvalue weighted by Crippen LogP contribution is 2.23. The number of hydrogen-bond donors (Lipinski definition) is 1. The van der Waals surface area contributed by atoms with Gasteiger partial charge in [-0.05, 0) is 43.2 Å². The van der Waals surface area contributed by atoms with Crippen LogP contribution in [0.25, 0.3) is 11.5 Å². The molecule has 26 heavy (non-hydrogen) atoms. The zero-order chi connectivity index (χ0) is 18.5. The van der Waals surface area contributed by atoms with E-state index < -0.39 is 0 Å². The second-order valence-electron chi connectivity index (χ2n) is 6.43. The third-order valence-corrected chi connectivity index (χ3v) is 3.98. The molecule has 2 heterocycles. The van der Waals surface area contributed by atoms with E-state index in [4.69, 9.17) is 9.26 Å². The van der Waals surface area contributed by atoms with Gasteiger partial charge >= 0.3 is 0 Å². The van der Waals surface area contributed by atoms with Crippen molar-refractivity contribution < 1.29 is 9.26 Å². The average Bonchev–Trinajstić information content (AvgIpc) is 3.13. The number of pyridine rings is 1. The number of anilines is 1. The van der Waals surface area contributed by atoms with Crippen LogP contribution in [-0.4, -0.2) is 21.7 Å². The van der Waals surface area contributed by atoms with Crippen LogP contribution in [0, 0.1) is 6.92 Å². The summed E-state index contributed by atoms with van der Waals surface area (Å²) >= 11 is 0. The van der Waals surface area contributed by atoms with E-state index >= 15 is 0 Å². The summed E-state index contributed by atoms with van der Waals surface area (Å²) in [4.78, 5) is 8.80. The SMILES string of the molecule is CCOc1ccc(CNc2cc(-c3nc(C(C)C)no3)ccn2)cc1C. The van der Waals surface area contributed by atoms with Crippen molar-refractivity contribution in [3.8, 4) is 17.2 Å². The second kappa shape index (κ2) is 7.99. The number of nitrogens with zero attached hydrogens (tertiary/aromatic N) is 3. The molecule has 0 bridgehead atoms. The van der Waals surface area contributed by atoms with Gasteiger partial charge in [-0.25, -0.2) is 4.98 Å². The highest BCUT2D eigenvalue weighted by atomic mass is 16.5. The molecule has 0 spiro atoms. The first kappa shape index (κ1) is 17.9. The Kier molecular flexibility index (Phi) is 5.51. The number of rotatable bonds is 7. The number of hydrogen-bond acceptors (Lipinski definition) is 6. The summed E-state index contributed by atoms with van der Waals surface area (Å²) < 4.78 is 10.9. The molecule has 1 N–H and O–H groups in total. The van der Waals surface area contributed by atoms with Crippen molar-refractivity contribution in [2.24, 2.45) is 0 Å². The molecule has 0 unspecified atom stereocenters. The largest absolute Gasteiger partial charge is 0.494 e. The standard InChI is InChI=1S/C20H24N4O2/c1-5-25-17-7-6-15(10-14(17)4)12-22-18-11-16(8-9-21-18)20-23-19(13(2)3)24-26-20/h6-11,13H,5,12H2,1-4H3,(H,21,22). The van der Waals surface area contributed by atoms with Crippen molar-refractivity contribution >= 4 is 5.82 Å². The van der Waals surface area contributed by atoms with Gasteiger partial charge in [-0.2, -0.15) is 4.98 Å². The zero-order valence-corrected chi connectivity index (χ0v) is 15.6. The molecule has 0 radical (unpaired) electrons. The lowest BCUT2D eigenvalue weighted by Gasteiger charge is -2.10. The van der Waals surface area contributed by atoms with Crippen LogP contribution in [0.15, 0.2) is 41.1 Å². The molecule has 0 atom stereocenters. The molecule has 0 aliphatic carbocycles. The zero-order valence-electron chi connectivity index (χ0n) is 15.6. The lowest BCUT2D eigenvalue weighted by molar-refractivity contribution is 0.338. The molecular weight excluding hydrogens is 328 g/mol. The molecule has 0 aliphatic rings.